The van der Waals surface area contributed by atoms with Gasteiger partial charge in [-0.15, -0.1) is 0 Å². The molecular weight excluding hydrogens is 194 g/mol. The molecule has 2 unspecified atom stereocenters. The minimum absolute atomic E-state index is 0.174. The largest absolute Gasteiger partial charge is 0.481 e. The number of nitrogens with one attached hydrogen (secondary N) is 1. The van der Waals surface area contributed by atoms with Crippen LogP contribution in [0.3, 0.4) is 0 Å². The molecule has 0 aromatic carbocycles. The minimum atomic E-state index is -0.763. The number of fused-ring (bicyclic) bond motifs is 1. The number of hydrogen-bond donors (Lipinski definition) is 2. The summed E-state index contributed by atoms with van der Waals surface area (Å²) < 4.78 is 1.72. The van der Waals surface area contributed by atoms with E-state index in [0.717, 1.165) is 17.1 Å². The summed E-state index contributed by atoms with van der Waals surface area (Å²) in [7, 11) is 1.83. The number of aromatic nitrogens is 2. The van der Waals surface area contributed by atoms with Gasteiger partial charge in [0.15, 0.2) is 0 Å². The van der Waals surface area contributed by atoms with Crippen molar-refractivity contribution in [3.63, 3.8) is 0 Å². The highest BCUT2D eigenvalue weighted by atomic mass is 16.4. The zero-order valence-corrected chi connectivity index (χ0v) is 9.11. The van der Waals surface area contributed by atoms with E-state index in [1.54, 1.807) is 4.68 Å². The Bertz CT molecular complexity index is 411. The van der Waals surface area contributed by atoms with Crippen LogP contribution in [-0.4, -0.2) is 26.9 Å². The van der Waals surface area contributed by atoms with E-state index in [-0.39, 0.29) is 6.04 Å². The number of carboxylic acid groups (broad SMARTS) is 1. The molecule has 1 aromatic heterocycles. The van der Waals surface area contributed by atoms with E-state index in [9.17, 15) is 9.90 Å². The van der Waals surface area contributed by atoms with Gasteiger partial charge in [-0.25, -0.2) is 0 Å². The van der Waals surface area contributed by atoms with E-state index in [0.29, 0.717) is 6.42 Å². The van der Waals surface area contributed by atoms with Gasteiger partial charge in [0.05, 0.1) is 11.6 Å². The van der Waals surface area contributed by atoms with E-state index < -0.39 is 11.9 Å². The molecule has 0 spiro atoms. The van der Waals surface area contributed by atoms with Gasteiger partial charge in [0, 0.05) is 18.7 Å². The third-order valence-electron chi connectivity index (χ3n) is 2.89. The number of aliphatic carboxylic acids is 1. The molecule has 0 saturated carbocycles. The number of rotatable bonds is 1. The molecule has 15 heavy (non-hydrogen) atoms. The Balaban J connectivity index is 2.53. The third kappa shape index (κ3) is 1.48. The lowest BCUT2D eigenvalue weighted by molar-refractivity contribution is -0.139. The summed E-state index contributed by atoms with van der Waals surface area (Å²) in [6.07, 6.45) is 0.620. The maximum Gasteiger partial charge on any atom is 0.311 e. The highest BCUT2D eigenvalue weighted by Gasteiger charge is 2.33. The van der Waals surface area contributed by atoms with Gasteiger partial charge in [0.2, 0.25) is 0 Å². The fourth-order valence-electron chi connectivity index (χ4n) is 2.25. The van der Waals surface area contributed by atoms with E-state index >= 15 is 0 Å². The average molecular weight is 209 g/mol. The van der Waals surface area contributed by atoms with Crippen molar-refractivity contribution in [1.82, 2.24) is 9.78 Å². The summed E-state index contributed by atoms with van der Waals surface area (Å²) in [4.78, 5) is 11.2. The molecule has 2 heterocycles. The van der Waals surface area contributed by atoms with Gasteiger partial charge in [0.1, 0.15) is 5.82 Å². The van der Waals surface area contributed by atoms with Crippen LogP contribution >= 0.6 is 0 Å². The maximum absolute atomic E-state index is 11.2. The zero-order valence-electron chi connectivity index (χ0n) is 9.11. The van der Waals surface area contributed by atoms with E-state index in [2.05, 4.69) is 10.4 Å². The fraction of sp³-hybridized carbons (Fsp3) is 0.600. The molecule has 0 amide bonds. The van der Waals surface area contributed by atoms with Gasteiger partial charge in [0.25, 0.3) is 0 Å². The zero-order chi connectivity index (χ0) is 11.2. The lowest BCUT2D eigenvalue weighted by Crippen LogP contribution is -2.30. The Hall–Kier alpha value is -1.52. The van der Waals surface area contributed by atoms with Gasteiger partial charge in [-0.05, 0) is 20.3 Å². The first-order chi connectivity index (χ1) is 7.00. The Morgan fingerprint density at radius 2 is 2.33 bits per heavy atom. The highest BCUT2D eigenvalue weighted by molar-refractivity contribution is 5.80. The molecule has 2 atom stereocenters. The molecule has 0 radical (unpaired) electrons. The minimum Gasteiger partial charge on any atom is -0.481 e. The summed E-state index contributed by atoms with van der Waals surface area (Å²) in [5.74, 6) is -0.343. The molecule has 0 aliphatic carbocycles. The highest BCUT2D eigenvalue weighted by Crippen LogP contribution is 2.36. The first kappa shape index (κ1) is 10.0. The Kier molecular flexibility index (Phi) is 2.17. The van der Waals surface area contributed by atoms with Crippen LogP contribution < -0.4 is 5.32 Å². The van der Waals surface area contributed by atoms with Crippen molar-refractivity contribution < 1.29 is 9.90 Å². The molecule has 2 N–H and O–H groups in total. The molecule has 5 heteroatoms. The SMILES string of the molecule is Cc1nn(C)c2c1C(C(=O)O)CC(C)N2. The second-order valence-electron chi connectivity index (χ2n) is 4.14. The topological polar surface area (TPSA) is 67.2 Å². The van der Waals surface area contributed by atoms with Crippen molar-refractivity contribution in [2.75, 3.05) is 5.32 Å². The Morgan fingerprint density at radius 3 is 2.93 bits per heavy atom. The normalized spacial score (nSPS) is 24.5. The summed E-state index contributed by atoms with van der Waals surface area (Å²) >= 11 is 0. The van der Waals surface area contributed by atoms with Crippen LogP contribution in [0.4, 0.5) is 5.82 Å². The molecule has 0 bridgehead atoms. The molecule has 0 saturated heterocycles. The van der Waals surface area contributed by atoms with Crippen LogP contribution in [0.1, 0.15) is 30.5 Å². The smallest absolute Gasteiger partial charge is 0.311 e. The second-order valence-corrected chi connectivity index (χ2v) is 4.14. The summed E-state index contributed by atoms with van der Waals surface area (Å²) in [5.41, 5.74) is 1.64. The first-order valence-corrected chi connectivity index (χ1v) is 5.03. The molecule has 2 rings (SSSR count). The molecule has 1 aromatic rings. The van der Waals surface area contributed by atoms with Gasteiger partial charge < -0.3 is 10.4 Å². The van der Waals surface area contributed by atoms with Crippen LogP contribution in [0, 0.1) is 6.92 Å². The van der Waals surface area contributed by atoms with E-state index in [4.69, 9.17) is 0 Å². The van der Waals surface area contributed by atoms with Crippen LogP contribution in [-0.2, 0) is 11.8 Å². The number of carboxylic acids is 1. The van der Waals surface area contributed by atoms with Gasteiger partial charge in [-0.1, -0.05) is 0 Å². The number of hydrogen-bond acceptors (Lipinski definition) is 3. The van der Waals surface area contributed by atoms with Crippen molar-refractivity contribution in [2.24, 2.45) is 7.05 Å². The average Bonchev–Trinajstić information content (AvgIpc) is 2.41. The van der Waals surface area contributed by atoms with E-state index in [1.807, 2.05) is 20.9 Å². The van der Waals surface area contributed by atoms with Crippen LogP contribution in [0.25, 0.3) is 0 Å². The van der Waals surface area contributed by atoms with Gasteiger partial charge in [-0.2, -0.15) is 5.10 Å². The van der Waals surface area contributed by atoms with Crippen molar-refractivity contribution >= 4 is 11.8 Å². The predicted molar refractivity (Wildman–Crippen MR) is 56.0 cm³/mol. The number of anilines is 1. The monoisotopic (exact) mass is 209 g/mol. The number of nitrogens with zero attached hydrogens (tertiary/aromatic N) is 2. The van der Waals surface area contributed by atoms with Gasteiger partial charge >= 0.3 is 5.97 Å². The molecular formula is C10H15N3O2. The second kappa shape index (κ2) is 3.25. The summed E-state index contributed by atoms with van der Waals surface area (Å²) in [6.45, 7) is 3.84. The quantitative estimate of drug-likeness (QED) is 0.726. The van der Waals surface area contributed by atoms with Crippen molar-refractivity contribution in [3.8, 4) is 0 Å². The van der Waals surface area contributed by atoms with Crippen molar-refractivity contribution in [1.29, 1.82) is 0 Å². The van der Waals surface area contributed by atoms with Crippen molar-refractivity contribution in [3.05, 3.63) is 11.3 Å². The Morgan fingerprint density at radius 1 is 1.67 bits per heavy atom. The summed E-state index contributed by atoms with van der Waals surface area (Å²) in [5, 5.41) is 16.7. The third-order valence-corrected chi connectivity index (χ3v) is 2.89. The number of carbonyl (C=O) groups is 1. The standard InChI is InChI=1S/C10H15N3O2/c1-5-4-7(10(14)15)8-6(2)12-13(3)9(8)11-5/h5,7,11H,4H2,1-3H3,(H,14,15). The van der Waals surface area contributed by atoms with Crippen LogP contribution in [0.15, 0.2) is 0 Å². The lowest BCUT2D eigenvalue weighted by atomic mass is 9.89. The van der Waals surface area contributed by atoms with Crippen molar-refractivity contribution in [2.45, 2.75) is 32.2 Å². The van der Waals surface area contributed by atoms with Crippen LogP contribution in [0.2, 0.25) is 0 Å². The molecule has 0 fully saturated rings. The molecule has 5 nitrogen and oxygen atoms in total. The van der Waals surface area contributed by atoms with Gasteiger partial charge in [-0.3, -0.25) is 9.48 Å². The maximum atomic E-state index is 11.2. The lowest BCUT2D eigenvalue weighted by Gasteiger charge is -2.27. The number of aryl methyl sites for hydroxylation is 2. The first-order valence-electron chi connectivity index (χ1n) is 5.03. The molecule has 1 aliphatic rings. The Labute approximate surface area is 88.1 Å². The molecule has 82 valence electrons. The summed E-state index contributed by atoms with van der Waals surface area (Å²) in [6, 6.07) is 0.174. The van der Waals surface area contributed by atoms with E-state index in [1.165, 1.54) is 0 Å². The fourth-order valence-corrected chi connectivity index (χ4v) is 2.25. The molecule has 1 aliphatic heterocycles. The predicted octanol–water partition coefficient (Wildman–Crippen LogP) is 1.10. The van der Waals surface area contributed by atoms with Crippen LogP contribution in [0.5, 0.6) is 0 Å².